The summed E-state index contributed by atoms with van der Waals surface area (Å²) in [6.07, 6.45) is 6.98. The number of carbonyl (C=O) groups excluding carboxylic acids is 1. The summed E-state index contributed by atoms with van der Waals surface area (Å²) in [5.41, 5.74) is 5.75. The van der Waals surface area contributed by atoms with Gasteiger partial charge in [-0.25, -0.2) is 32.2 Å². The summed E-state index contributed by atoms with van der Waals surface area (Å²) >= 11 is 0. The van der Waals surface area contributed by atoms with E-state index in [9.17, 15) is 18.0 Å². The molecule has 14 heteroatoms. The van der Waals surface area contributed by atoms with Crippen LogP contribution in [-0.2, 0) is 14.6 Å². The van der Waals surface area contributed by atoms with Crippen LogP contribution < -0.4 is 16.2 Å². The van der Waals surface area contributed by atoms with Crippen molar-refractivity contribution in [2.24, 2.45) is 5.41 Å². The fourth-order valence-electron chi connectivity index (χ4n) is 7.18. The number of anilines is 2. The van der Waals surface area contributed by atoms with Crippen molar-refractivity contribution in [2.75, 3.05) is 43.1 Å². The van der Waals surface area contributed by atoms with Crippen LogP contribution in [0.5, 0.6) is 0 Å². The van der Waals surface area contributed by atoms with Gasteiger partial charge < -0.3 is 15.5 Å². The maximum atomic E-state index is 16.2. The maximum absolute atomic E-state index is 16.2. The molecule has 0 bridgehead atoms. The van der Waals surface area contributed by atoms with Crippen molar-refractivity contribution in [1.29, 1.82) is 0 Å². The molecule has 2 aliphatic heterocycles. The molecule has 8 rings (SSSR count). The summed E-state index contributed by atoms with van der Waals surface area (Å²) in [5, 5.41) is 0.0710. The van der Waals surface area contributed by atoms with Crippen molar-refractivity contribution in [3.05, 3.63) is 76.6 Å². The van der Waals surface area contributed by atoms with Crippen LogP contribution in [0.3, 0.4) is 0 Å². The number of hydrogen-bond donors (Lipinski definition) is 1. The normalized spacial score (nSPS) is 18.7. The van der Waals surface area contributed by atoms with Gasteiger partial charge in [-0.2, -0.15) is 0 Å². The second-order valence-electron chi connectivity index (χ2n) is 13.3. The minimum absolute atomic E-state index is 0.0279. The Bertz CT molecular complexity index is 2170. The zero-order chi connectivity index (χ0) is 33.0. The van der Waals surface area contributed by atoms with Gasteiger partial charge in [0.15, 0.2) is 26.2 Å². The molecule has 0 atom stereocenters. The Kier molecular flexibility index (Phi) is 6.40. The van der Waals surface area contributed by atoms with Crippen LogP contribution in [-0.4, -0.2) is 71.2 Å². The third-order valence-corrected chi connectivity index (χ3v) is 10.7. The molecule has 1 amide bonds. The van der Waals surface area contributed by atoms with E-state index in [-0.39, 0.29) is 51.1 Å². The molecule has 2 aliphatic carbocycles. The number of benzene rings is 1. The number of aromatic nitrogens is 4. The highest BCUT2D eigenvalue weighted by atomic mass is 32.2. The molecule has 0 radical (unpaired) electrons. The lowest BCUT2D eigenvalue weighted by Crippen LogP contribution is -2.73. The van der Waals surface area contributed by atoms with Crippen LogP contribution in [0.2, 0.25) is 0 Å². The van der Waals surface area contributed by atoms with Gasteiger partial charge >= 0.3 is 0 Å². The van der Waals surface area contributed by atoms with Gasteiger partial charge in [-0.15, -0.1) is 0 Å². The van der Waals surface area contributed by atoms with E-state index in [0.717, 1.165) is 44.1 Å². The number of halogens is 2. The summed E-state index contributed by atoms with van der Waals surface area (Å²) in [4.78, 5) is 43.5. The first-order valence-electron chi connectivity index (χ1n) is 15.5. The van der Waals surface area contributed by atoms with Crippen LogP contribution >= 0.6 is 0 Å². The molecule has 4 aliphatic rings. The fraction of sp³-hybridized carbons (Fsp3) is 0.364. The quantitative estimate of drug-likeness (QED) is 0.232. The highest BCUT2D eigenvalue weighted by Crippen LogP contribution is 2.49. The number of hydrogen-bond acceptors (Lipinski definition) is 9. The average Bonchev–Trinajstić information content (AvgIpc) is 3.89. The SMILES string of the molecule is C=CC(=O)N1CC2(C1)CN(c1c(S(C)(=O)=O)c(=O)n(-c3c(C4CC4)ncnc3C3CC3)c3nc(-c4c(N)cccc4F)c(F)cc13)C2. The predicted octanol–water partition coefficient (Wildman–Crippen LogP) is 3.70. The second kappa shape index (κ2) is 10.1. The molecule has 2 N–H and O–H groups in total. The number of fused-ring (bicyclic) bond motifs is 1. The molecule has 47 heavy (non-hydrogen) atoms. The van der Waals surface area contributed by atoms with Crippen LogP contribution in [0.15, 0.2) is 52.9 Å². The summed E-state index contributed by atoms with van der Waals surface area (Å²) in [6.45, 7) is 5.07. The Balaban J connectivity index is 1.43. The van der Waals surface area contributed by atoms with Gasteiger partial charge in [-0.3, -0.25) is 14.2 Å². The van der Waals surface area contributed by atoms with Gasteiger partial charge in [0, 0.05) is 60.8 Å². The van der Waals surface area contributed by atoms with Crippen LogP contribution in [0, 0.1) is 17.0 Å². The second-order valence-corrected chi connectivity index (χ2v) is 15.2. The number of carbonyl (C=O) groups is 1. The van der Waals surface area contributed by atoms with E-state index in [1.807, 2.05) is 0 Å². The molecular weight excluding hydrogens is 628 g/mol. The van der Waals surface area contributed by atoms with E-state index in [1.54, 1.807) is 9.80 Å². The summed E-state index contributed by atoms with van der Waals surface area (Å²) in [7, 11) is -4.21. The van der Waals surface area contributed by atoms with Gasteiger partial charge in [-0.05, 0) is 50.0 Å². The van der Waals surface area contributed by atoms with E-state index in [4.69, 9.17) is 5.73 Å². The molecular formula is C33H31F2N7O4S. The average molecular weight is 660 g/mol. The maximum Gasteiger partial charge on any atom is 0.277 e. The van der Waals surface area contributed by atoms with E-state index in [2.05, 4.69) is 21.5 Å². The first-order valence-corrected chi connectivity index (χ1v) is 17.3. The van der Waals surface area contributed by atoms with E-state index >= 15 is 8.78 Å². The van der Waals surface area contributed by atoms with Gasteiger partial charge in [0.05, 0.1) is 28.3 Å². The molecule has 3 aromatic heterocycles. The zero-order valence-electron chi connectivity index (χ0n) is 25.5. The van der Waals surface area contributed by atoms with E-state index in [0.29, 0.717) is 43.3 Å². The first-order chi connectivity index (χ1) is 22.4. The molecule has 1 aromatic carbocycles. The molecule has 5 heterocycles. The number of likely N-dealkylation sites (tertiary alicyclic amines) is 1. The third-order valence-electron chi connectivity index (χ3n) is 9.63. The van der Waals surface area contributed by atoms with Crippen LogP contribution in [0.25, 0.3) is 28.0 Å². The highest BCUT2D eigenvalue weighted by Gasteiger charge is 2.54. The molecule has 242 valence electrons. The topological polar surface area (TPSA) is 144 Å². The Hall–Kier alpha value is -4.72. The Morgan fingerprint density at radius 2 is 1.66 bits per heavy atom. The standard InChI is InChI=1S/C33H31F2N7O4S/c1-3-23(43)40-12-33(13-40)14-41(15-33)28-19-11-21(35)27(24-20(34)5-4-6-22(24)36)39-31(19)42(32(44)30(28)47(2,45)46)29-25(17-7-8-17)37-16-38-26(29)18-9-10-18/h3-6,11,16-18H,1,7-10,12-15,36H2,2H3. The molecule has 1 spiro atoms. The van der Waals surface area contributed by atoms with Crippen LogP contribution in [0.4, 0.5) is 20.2 Å². The molecule has 4 aromatic rings. The molecule has 4 fully saturated rings. The lowest BCUT2D eigenvalue weighted by molar-refractivity contribution is -0.139. The van der Waals surface area contributed by atoms with Crippen molar-refractivity contribution in [3.63, 3.8) is 0 Å². The molecule has 2 saturated carbocycles. The monoisotopic (exact) mass is 659 g/mol. The van der Waals surface area contributed by atoms with Gasteiger partial charge in [-0.1, -0.05) is 12.6 Å². The minimum atomic E-state index is -4.21. The molecule has 0 unspecified atom stereocenters. The van der Waals surface area contributed by atoms with Crippen molar-refractivity contribution in [1.82, 2.24) is 24.4 Å². The molecule has 2 saturated heterocycles. The van der Waals surface area contributed by atoms with Crippen molar-refractivity contribution < 1.29 is 22.0 Å². The van der Waals surface area contributed by atoms with Gasteiger partial charge in [0.2, 0.25) is 5.91 Å². The fourth-order valence-corrected chi connectivity index (χ4v) is 8.18. The smallest absolute Gasteiger partial charge is 0.277 e. The Morgan fingerprint density at radius 3 is 2.21 bits per heavy atom. The van der Waals surface area contributed by atoms with Gasteiger partial charge in [0.1, 0.15) is 17.8 Å². The number of nitrogens with zero attached hydrogens (tertiary/aromatic N) is 6. The largest absolute Gasteiger partial charge is 0.398 e. The number of amides is 1. The van der Waals surface area contributed by atoms with Crippen molar-refractivity contribution in [3.8, 4) is 16.9 Å². The predicted molar refractivity (Wildman–Crippen MR) is 171 cm³/mol. The lowest BCUT2D eigenvalue weighted by Gasteiger charge is -2.61. The Morgan fingerprint density at radius 1 is 1.02 bits per heavy atom. The third kappa shape index (κ3) is 4.63. The summed E-state index contributed by atoms with van der Waals surface area (Å²) < 4.78 is 59.8. The van der Waals surface area contributed by atoms with Crippen molar-refractivity contribution >= 4 is 38.2 Å². The number of nitrogen functional groups attached to an aromatic ring is 1. The van der Waals surface area contributed by atoms with Gasteiger partial charge in [0.25, 0.3) is 5.56 Å². The Labute approximate surface area is 268 Å². The number of rotatable bonds is 7. The summed E-state index contributed by atoms with van der Waals surface area (Å²) in [6, 6.07) is 5.08. The van der Waals surface area contributed by atoms with E-state index in [1.165, 1.54) is 29.1 Å². The number of nitrogens with two attached hydrogens (primary N) is 1. The van der Waals surface area contributed by atoms with Crippen molar-refractivity contribution in [2.45, 2.75) is 42.4 Å². The van der Waals surface area contributed by atoms with Crippen LogP contribution in [0.1, 0.15) is 48.9 Å². The lowest BCUT2D eigenvalue weighted by atomic mass is 9.72. The van der Waals surface area contributed by atoms with E-state index < -0.39 is 37.6 Å². The highest BCUT2D eigenvalue weighted by molar-refractivity contribution is 7.90. The number of pyridine rings is 2. The minimum Gasteiger partial charge on any atom is -0.398 e. The molecule has 11 nitrogen and oxygen atoms in total. The zero-order valence-corrected chi connectivity index (χ0v) is 26.4. The summed E-state index contributed by atoms with van der Waals surface area (Å²) in [5.74, 6) is -1.87. The first kappa shape index (κ1) is 29.7. The number of sulfone groups is 1.